The predicted molar refractivity (Wildman–Crippen MR) is 130 cm³/mol. The fourth-order valence-corrected chi connectivity index (χ4v) is 3.31. The van der Waals surface area contributed by atoms with E-state index in [4.69, 9.17) is 19.2 Å². The number of guanidine groups is 1. The second kappa shape index (κ2) is 15.7. The van der Waals surface area contributed by atoms with Crippen molar-refractivity contribution in [2.75, 3.05) is 59.7 Å². The van der Waals surface area contributed by atoms with E-state index in [-0.39, 0.29) is 24.0 Å². The van der Waals surface area contributed by atoms with Crippen molar-refractivity contribution in [3.05, 3.63) is 29.8 Å². The topological polar surface area (TPSA) is 55.3 Å². The Bertz CT molecular complexity index is 569. The van der Waals surface area contributed by atoms with Crippen LogP contribution in [0.4, 0.5) is 0 Å². The first-order chi connectivity index (χ1) is 13.8. The van der Waals surface area contributed by atoms with Gasteiger partial charge >= 0.3 is 0 Å². The number of hydrogen-bond donors (Lipinski definition) is 1. The molecule has 0 radical (unpaired) electrons. The second-order valence-electron chi connectivity index (χ2n) is 7.02. The first-order valence-electron chi connectivity index (χ1n) is 10.6. The molecular weight excluding hydrogens is 481 g/mol. The molecule has 0 aliphatic carbocycles. The highest BCUT2D eigenvalue weighted by atomic mass is 127. The Morgan fingerprint density at radius 1 is 1.10 bits per heavy atom. The van der Waals surface area contributed by atoms with Crippen LogP contribution in [-0.4, -0.2) is 70.6 Å². The highest BCUT2D eigenvalue weighted by molar-refractivity contribution is 14.0. The van der Waals surface area contributed by atoms with Crippen molar-refractivity contribution in [3.63, 3.8) is 0 Å². The van der Waals surface area contributed by atoms with Gasteiger partial charge in [-0.2, -0.15) is 0 Å². The molecule has 1 heterocycles. The maximum absolute atomic E-state index is 5.63. The van der Waals surface area contributed by atoms with Gasteiger partial charge in [0.1, 0.15) is 5.75 Å². The molecule has 0 bridgehead atoms. The molecule has 0 spiro atoms. The normalized spacial score (nSPS) is 16.6. The van der Waals surface area contributed by atoms with Crippen molar-refractivity contribution in [2.45, 2.75) is 39.0 Å². The molecule has 1 N–H and O–H groups in total. The van der Waals surface area contributed by atoms with E-state index in [0.29, 0.717) is 32.3 Å². The van der Waals surface area contributed by atoms with E-state index >= 15 is 0 Å². The van der Waals surface area contributed by atoms with Crippen LogP contribution < -0.4 is 10.1 Å². The van der Waals surface area contributed by atoms with Crippen molar-refractivity contribution >= 4 is 29.9 Å². The average molecular weight is 519 g/mol. The number of ether oxygens (including phenoxy) is 3. The summed E-state index contributed by atoms with van der Waals surface area (Å²) in [7, 11) is 1.70. The lowest BCUT2D eigenvalue weighted by Crippen LogP contribution is -2.40. The summed E-state index contributed by atoms with van der Waals surface area (Å²) in [5.74, 6) is 2.43. The van der Waals surface area contributed by atoms with Gasteiger partial charge in [-0.1, -0.05) is 25.5 Å². The number of rotatable bonds is 12. The highest BCUT2D eigenvalue weighted by Crippen LogP contribution is 2.28. The molecule has 1 fully saturated rings. The molecule has 0 saturated carbocycles. The maximum atomic E-state index is 5.63. The van der Waals surface area contributed by atoms with Gasteiger partial charge in [-0.25, -0.2) is 0 Å². The van der Waals surface area contributed by atoms with E-state index in [1.54, 1.807) is 7.11 Å². The highest BCUT2D eigenvalue weighted by Gasteiger charge is 2.26. The Balaban J connectivity index is 0.00000420. The minimum Gasteiger partial charge on any atom is -0.497 e. The van der Waals surface area contributed by atoms with Gasteiger partial charge in [0.2, 0.25) is 0 Å². The summed E-state index contributed by atoms with van der Waals surface area (Å²) in [6.07, 6.45) is 3.42. The van der Waals surface area contributed by atoms with Gasteiger partial charge in [0, 0.05) is 32.2 Å². The molecular formula is C22H38IN3O3. The Morgan fingerprint density at radius 3 is 2.48 bits per heavy atom. The number of methoxy groups -OCH3 is 1. The summed E-state index contributed by atoms with van der Waals surface area (Å²) in [5, 5.41) is 3.42. The maximum Gasteiger partial charge on any atom is 0.194 e. The second-order valence-corrected chi connectivity index (χ2v) is 7.02. The van der Waals surface area contributed by atoms with Gasteiger partial charge in [-0.05, 0) is 37.5 Å². The number of aliphatic imine (C=N–C) groups is 1. The van der Waals surface area contributed by atoms with Crippen LogP contribution in [0.5, 0.6) is 5.75 Å². The molecule has 1 aliphatic heterocycles. The lowest BCUT2D eigenvalue weighted by molar-refractivity contribution is 0.0497. The van der Waals surface area contributed by atoms with Crippen molar-refractivity contribution in [3.8, 4) is 5.75 Å². The van der Waals surface area contributed by atoms with Gasteiger partial charge < -0.3 is 24.4 Å². The van der Waals surface area contributed by atoms with Crippen molar-refractivity contribution in [1.29, 1.82) is 0 Å². The minimum absolute atomic E-state index is 0. The lowest BCUT2D eigenvalue weighted by atomic mass is 9.98. The number of nitrogens with zero attached hydrogens (tertiary/aromatic N) is 2. The quantitative estimate of drug-likeness (QED) is 0.197. The molecule has 0 aromatic heterocycles. The van der Waals surface area contributed by atoms with Crippen LogP contribution in [-0.2, 0) is 9.47 Å². The van der Waals surface area contributed by atoms with Crippen molar-refractivity contribution in [2.24, 2.45) is 4.99 Å². The molecule has 1 atom stereocenters. The third-order valence-electron chi connectivity index (χ3n) is 4.92. The zero-order chi connectivity index (χ0) is 20.0. The fourth-order valence-electron chi connectivity index (χ4n) is 3.31. The first kappa shape index (κ1) is 26.0. The predicted octanol–water partition coefficient (Wildman–Crippen LogP) is 3.90. The number of benzene rings is 1. The van der Waals surface area contributed by atoms with Crippen molar-refractivity contribution < 1.29 is 14.2 Å². The number of unbranched alkanes of at least 4 members (excludes halogenated alkanes) is 1. The summed E-state index contributed by atoms with van der Waals surface area (Å²) < 4.78 is 16.4. The van der Waals surface area contributed by atoms with E-state index in [9.17, 15) is 0 Å². The molecule has 7 heteroatoms. The average Bonchev–Trinajstić information content (AvgIpc) is 3.22. The summed E-state index contributed by atoms with van der Waals surface area (Å²) in [6.45, 7) is 10.6. The summed E-state index contributed by atoms with van der Waals surface area (Å²) in [4.78, 5) is 7.10. The molecule has 29 heavy (non-hydrogen) atoms. The molecule has 1 aliphatic rings. The largest absolute Gasteiger partial charge is 0.497 e. The summed E-state index contributed by atoms with van der Waals surface area (Å²) in [6, 6.07) is 8.43. The van der Waals surface area contributed by atoms with Crippen LogP contribution in [0.25, 0.3) is 0 Å². The SMILES string of the molecule is CCCCOCCOCCN=C(NCC)N1CCC(c2ccc(OC)cc2)C1.I. The first-order valence-corrected chi connectivity index (χ1v) is 10.6. The molecule has 1 saturated heterocycles. The van der Waals surface area contributed by atoms with E-state index in [2.05, 4.69) is 36.2 Å². The van der Waals surface area contributed by atoms with E-state index in [0.717, 1.165) is 50.8 Å². The zero-order valence-corrected chi connectivity index (χ0v) is 20.5. The number of hydrogen-bond acceptors (Lipinski definition) is 4. The van der Waals surface area contributed by atoms with Crippen LogP contribution in [0.3, 0.4) is 0 Å². The van der Waals surface area contributed by atoms with E-state index < -0.39 is 0 Å². The third kappa shape index (κ3) is 9.53. The van der Waals surface area contributed by atoms with E-state index in [1.165, 1.54) is 12.0 Å². The Kier molecular flexibility index (Phi) is 14.1. The summed E-state index contributed by atoms with van der Waals surface area (Å²) >= 11 is 0. The van der Waals surface area contributed by atoms with Gasteiger partial charge in [0.25, 0.3) is 0 Å². The lowest BCUT2D eigenvalue weighted by Gasteiger charge is -2.22. The van der Waals surface area contributed by atoms with Crippen LogP contribution in [0, 0.1) is 0 Å². The van der Waals surface area contributed by atoms with Crippen LogP contribution >= 0.6 is 24.0 Å². The zero-order valence-electron chi connectivity index (χ0n) is 18.2. The number of nitrogens with one attached hydrogen (secondary N) is 1. The molecule has 1 aromatic rings. The van der Waals surface area contributed by atoms with Gasteiger partial charge in [-0.3, -0.25) is 4.99 Å². The minimum atomic E-state index is 0. The fraction of sp³-hybridized carbons (Fsp3) is 0.682. The Labute approximate surface area is 193 Å². The molecule has 2 rings (SSSR count). The molecule has 0 amide bonds. The van der Waals surface area contributed by atoms with Gasteiger partial charge in [-0.15, -0.1) is 24.0 Å². The van der Waals surface area contributed by atoms with E-state index in [1.807, 2.05) is 12.1 Å². The Hall–Kier alpha value is -1.06. The number of likely N-dealkylation sites (tertiary alicyclic amines) is 1. The van der Waals surface area contributed by atoms with Crippen LogP contribution in [0.2, 0.25) is 0 Å². The number of halogens is 1. The van der Waals surface area contributed by atoms with Gasteiger partial charge in [0.15, 0.2) is 5.96 Å². The van der Waals surface area contributed by atoms with Gasteiger partial charge in [0.05, 0.1) is 33.5 Å². The third-order valence-corrected chi connectivity index (χ3v) is 4.92. The van der Waals surface area contributed by atoms with Crippen LogP contribution in [0.15, 0.2) is 29.3 Å². The van der Waals surface area contributed by atoms with Crippen molar-refractivity contribution in [1.82, 2.24) is 10.2 Å². The monoisotopic (exact) mass is 519 g/mol. The molecule has 1 unspecified atom stereocenters. The molecule has 166 valence electrons. The van der Waals surface area contributed by atoms with Crippen LogP contribution in [0.1, 0.15) is 44.6 Å². The molecule has 1 aromatic carbocycles. The molecule has 6 nitrogen and oxygen atoms in total. The standard InChI is InChI=1S/C22H37N3O3.HI/c1-4-6-14-27-16-17-28-15-12-24-22(23-5-2)25-13-11-20(18-25)19-7-9-21(26-3)10-8-19;/h7-10,20H,4-6,11-18H2,1-3H3,(H,23,24);1H. The Morgan fingerprint density at radius 2 is 1.83 bits per heavy atom. The summed E-state index contributed by atoms with van der Waals surface area (Å²) in [5.41, 5.74) is 1.37. The smallest absolute Gasteiger partial charge is 0.194 e.